The van der Waals surface area contributed by atoms with E-state index in [1.807, 2.05) is 0 Å². The van der Waals surface area contributed by atoms with Crippen LogP contribution in [0.25, 0.3) is 0 Å². The third-order valence-electron chi connectivity index (χ3n) is 4.73. The molecule has 3 aromatic rings. The second-order valence-corrected chi connectivity index (χ2v) is 8.44. The van der Waals surface area contributed by atoms with Gasteiger partial charge < -0.3 is 14.2 Å². The fourth-order valence-corrected chi connectivity index (χ4v) is 4.70. The average molecular weight is 429 g/mol. The Hall–Kier alpha value is -3.26. The van der Waals surface area contributed by atoms with E-state index in [4.69, 9.17) is 14.2 Å². The Morgan fingerprint density at radius 3 is 2.43 bits per heavy atom. The van der Waals surface area contributed by atoms with Crippen LogP contribution in [0.15, 0.2) is 71.6 Å². The number of rotatable bonds is 6. The number of hydrogen-bond acceptors (Lipinski definition) is 5. The van der Waals surface area contributed by atoms with E-state index in [1.54, 1.807) is 48.5 Å². The second kappa shape index (κ2) is 8.23. The molecule has 0 radical (unpaired) electrons. The summed E-state index contributed by atoms with van der Waals surface area (Å²) in [5.74, 6) is 0.705. The zero-order valence-corrected chi connectivity index (χ0v) is 17.1. The molecule has 0 amide bonds. The van der Waals surface area contributed by atoms with Crippen LogP contribution < -0.4 is 18.5 Å². The van der Waals surface area contributed by atoms with Crippen LogP contribution in [-0.2, 0) is 16.6 Å². The largest absolute Gasteiger partial charge is 0.495 e. The first-order chi connectivity index (χ1) is 14.5. The third-order valence-corrected chi connectivity index (χ3v) is 6.48. The molecule has 0 unspecified atom stereocenters. The molecule has 1 heterocycles. The molecule has 156 valence electrons. The van der Waals surface area contributed by atoms with Gasteiger partial charge in [0, 0.05) is 11.6 Å². The summed E-state index contributed by atoms with van der Waals surface area (Å²) in [6, 6.07) is 17.2. The number of halogens is 1. The van der Waals surface area contributed by atoms with Crippen LogP contribution in [0.3, 0.4) is 0 Å². The van der Waals surface area contributed by atoms with Gasteiger partial charge in [0.2, 0.25) is 0 Å². The molecule has 0 saturated carbocycles. The van der Waals surface area contributed by atoms with Gasteiger partial charge in [0.05, 0.1) is 24.2 Å². The van der Waals surface area contributed by atoms with Gasteiger partial charge in [-0.25, -0.2) is 12.8 Å². The Balaban J connectivity index is 1.83. The molecule has 1 aliphatic heterocycles. The Bertz CT molecular complexity index is 1170. The molecule has 4 rings (SSSR count). The van der Waals surface area contributed by atoms with Crippen molar-refractivity contribution in [3.63, 3.8) is 0 Å². The summed E-state index contributed by atoms with van der Waals surface area (Å²) < 4.78 is 59.2. The van der Waals surface area contributed by atoms with Crippen molar-refractivity contribution >= 4 is 15.7 Å². The van der Waals surface area contributed by atoms with Crippen molar-refractivity contribution in [2.75, 3.05) is 24.6 Å². The van der Waals surface area contributed by atoms with E-state index < -0.39 is 15.8 Å². The molecule has 0 spiro atoms. The first-order valence-electron chi connectivity index (χ1n) is 9.29. The minimum Gasteiger partial charge on any atom is -0.495 e. The van der Waals surface area contributed by atoms with E-state index in [2.05, 4.69) is 0 Å². The number of methoxy groups -OCH3 is 1. The Labute approximate surface area is 174 Å². The van der Waals surface area contributed by atoms with Gasteiger partial charge in [-0.2, -0.15) is 0 Å². The number of benzene rings is 3. The average Bonchev–Trinajstić information content (AvgIpc) is 2.78. The van der Waals surface area contributed by atoms with Crippen LogP contribution in [-0.4, -0.2) is 28.7 Å². The Morgan fingerprint density at radius 1 is 0.967 bits per heavy atom. The number of fused-ring (bicyclic) bond motifs is 1. The van der Waals surface area contributed by atoms with Crippen LogP contribution in [0.4, 0.5) is 10.1 Å². The lowest BCUT2D eigenvalue weighted by Crippen LogP contribution is -2.31. The number of sulfonamides is 1. The maximum Gasteiger partial charge on any atom is 0.264 e. The molecule has 0 saturated heterocycles. The van der Waals surface area contributed by atoms with Gasteiger partial charge in [-0.1, -0.05) is 30.3 Å². The first kappa shape index (κ1) is 20.0. The van der Waals surface area contributed by atoms with Crippen LogP contribution in [0.2, 0.25) is 0 Å². The summed E-state index contributed by atoms with van der Waals surface area (Å²) in [5.41, 5.74) is 0.544. The second-order valence-electron chi connectivity index (χ2n) is 6.58. The van der Waals surface area contributed by atoms with Gasteiger partial charge in [-0.15, -0.1) is 0 Å². The van der Waals surface area contributed by atoms with Crippen LogP contribution in [0.5, 0.6) is 17.2 Å². The Morgan fingerprint density at radius 2 is 1.67 bits per heavy atom. The number of hydrogen-bond donors (Lipinski definition) is 0. The van der Waals surface area contributed by atoms with Crippen molar-refractivity contribution in [2.24, 2.45) is 0 Å². The van der Waals surface area contributed by atoms with Crippen molar-refractivity contribution < 1.29 is 27.0 Å². The highest BCUT2D eigenvalue weighted by Gasteiger charge is 2.29. The zero-order chi connectivity index (χ0) is 21.1. The normalized spacial score (nSPS) is 13.0. The van der Waals surface area contributed by atoms with Crippen molar-refractivity contribution in [2.45, 2.75) is 11.4 Å². The highest BCUT2D eigenvalue weighted by atomic mass is 32.2. The topological polar surface area (TPSA) is 65.1 Å². The molecule has 0 aromatic heterocycles. The summed E-state index contributed by atoms with van der Waals surface area (Å²) >= 11 is 0. The number of ether oxygens (including phenoxy) is 3. The molecule has 0 atom stereocenters. The van der Waals surface area contributed by atoms with Crippen LogP contribution in [0, 0.1) is 5.82 Å². The molecular weight excluding hydrogens is 409 g/mol. The molecule has 1 aliphatic rings. The lowest BCUT2D eigenvalue weighted by Gasteiger charge is -2.27. The van der Waals surface area contributed by atoms with Crippen LogP contribution in [0.1, 0.15) is 5.56 Å². The smallest absolute Gasteiger partial charge is 0.264 e. The fourth-order valence-electron chi connectivity index (χ4n) is 3.23. The minimum atomic E-state index is -4.08. The van der Waals surface area contributed by atoms with E-state index in [0.29, 0.717) is 36.1 Å². The van der Waals surface area contributed by atoms with Gasteiger partial charge in [0.25, 0.3) is 10.0 Å². The molecule has 0 fully saturated rings. The van der Waals surface area contributed by atoms with E-state index in [-0.39, 0.29) is 17.0 Å². The maximum absolute atomic E-state index is 14.4. The fraction of sp³-hybridized carbons (Fsp3) is 0.182. The zero-order valence-electron chi connectivity index (χ0n) is 16.2. The molecule has 0 bridgehead atoms. The predicted molar refractivity (Wildman–Crippen MR) is 110 cm³/mol. The van der Waals surface area contributed by atoms with Crippen molar-refractivity contribution in [3.05, 3.63) is 78.1 Å². The lowest BCUT2D eigenvalue weighted by molar-refractivity contribution is 0.171. The number of anilines is 1. The summed E-state index contributed by atoms with van der Waals surface area (Å²) in [7, 11) is -2.63. The van der Waals surface area contributed by atoms with Crippen molar-refractivity contribution in [3.8, 4) is 17.2 Å². The first-order valence-corrected chi connectivity index (χ1v) is 10.7. The van der Waals surface area contributed by atoms with E-state index in [9.17, 15) is 12.8 Å². The summed E-state index contributed by atoms with van der Waals surface area (Å²) in [5, 5.41) is 0. The monoisotopic (exact) mass is 429 g/mol. The van der Waals surface area contributed by atoms with Crippen LogP contribution >= 0.6 is 0 Å². The Kier molecular flexibility index (Phi) is 5.50. The van der Waals surface area contributed by atoms with Gasteiger partial charge in [-0.05, 0) is 30.3 Å². The predicted octanol–water partition coefficient (Wildman–Crippen LogP) is 4.00. The molecular formula is C22H20FNO5S. The highest BCUT2D eigenvalue weighted by Crippen LogP contribution is 2.37. The molecule has 30 heavy (non-hydrogen) atoms. The summed E-state index contributed by atoms with van der Waals surface area (Å²) in [6.45, 7) is 0.533. The maximum atomic E-state index is 14.4. The van der Waals surface area contributed by atoms with E-state index in [1.165, 1.54) is 25.3 Å². The van der Waals surface area contributed by atoms with Gasteiger partial charge in [0.15, 0.2) is 11.5 Å². The highest BCUT2D eigenvalue weighted by molar-refractivity contribution is 7.92. The van der Waals surface area contributed by atoms with Gasteiger partial charge >= 0.3 is 0 Å². The van der Waals surface area contributed by atoms with E-state index >= 15 is 0 Å². The molecule has 8 heteroatoms. The third kappa shape index (κ3) is 3.78. The SMILES string of the molecule is COc1ccccc1N(Cc1ccccc1F)S(=O)(=O)c1ccc2c(c1)OCCO2. The lowest BCUT2D eigenvalue weighted by atomic mass is 10.2. The molecule has 3 aromatic carbocycles. The van der Waals surface area contributed by atoms with Crippen molar-refractivity contribution in [1.82, 2.24) is 0 Å². The van der Waals surface area contributed by atoms with Gasteiger partial charge in [0.1, 0.15) is 24.8 Å². The molecule has 6 nitrogen and oxygen atoms in total. The molecule has 0 N–H and O–H groups in total. The quantitative estimate of drug-likeness (QED) is 0.593. The number of para-hydroxylation sites is 2. The molecule has 0 aliphatic carbocycles. The van der Waals surface area contributed by atoms with Crippen molar-refractivity contribution in [1.29, 1.82) is 0 Å². The number of nitrogens with zero attached hydrogens (tertiary/aromatic N) is 1. The van der Waals surface area contributed by atoms with E-state index in [0.717, 1.165) is 4.31 Å². The minimum absolute atomic E-state index is 0.00833. The van der Waals surface area contributed by atoms with Gasteiger partial charge in [-0.3, -0.25) is 4.31 Å². The summed E-state index contributed by atoms with van der Waals surface area (Å²) in [6.07, 6.45) is 0. The standard InChI is InChI=1S/C22H20FNO5S/c1-27-20-9-5-4-8-19(20)24(15-16-6-2-3-7-18(16)23)30(25,26)17-10-11-21-22(14-17)29-13-12-28-21/h2-11,14H,12-13,15H2,1H3. The summed E-state index contributed by atoms with van der Waals surface area (Å²) in [4.78, 5) is 0.00833.